The number of hydrogen-bond donors (Lipinski definition) is 1. The second-order valence-electron chi connectivity index (χ2n) is 4.29. The number of halogens is 1. The fourth-order valence-electron chi connectivity index (χ4n) is 2.10. The Kier molecular flexibility index (Phi) is 10.4. The van der Waals surface area contributed by atoms with E-state index in [1.54, 1.807) is 0 Å². The zero-order chi connectivity index (χ0) is 10.9. The van der Waals surface area contributed by atoms with Crippen molar-refractivity contribution in [2.24, 2.45) is 5.92 Å². The highest BCUT2D eigenvalue weighted by molar-refractivity contribution is 5.85. The van der Waals surface area contributed by atoms with Gasteiger partial charge in [0.2, 0.25) is 0 Å². The number of nitrogens with zero attached hydrogens (tertiary/aromatic N) is 1. The highest BCUT2D eigenvalue weighted by Crippen LogP contribution is 2.15. The van der Waals surface area contributed by atoms with E-state index in [4.69, 9.17) is 4.74 Å². The average molecular weight is 251 g/mol. The number of piperidine rings is 1. The van der Waals surface area contributed by atoms with Gasteiger partial charge in [-0.3, -0.25) is 0 Å². The summed E-state index contributed by atoms with van der Waals surface area (Å²) in [5.74, 6) is 0.897. The van der Waals surface area contributed by atoms with Crippen molar-refractivity contribution in [3.8, 4) is 0 Å². The molecule has 98 valence electrons. The minimum absolute atomic E-state index is 0. The Balaban J connectivity index is 0.00000225. The molecule has 1 saturated heterocycles. The van der Waals surface area contributed by atoms with Crippen LogP contribution in [0.3, 0.4) is 0 Å². The van der Waals surface area contributed by atoms with Gasteiger partial charge in [0.25, 0.3) is 0 Å². The van der Waals surface area contributed by atoms with E-state index in [0.717, 1.165) is 32.2 Å². The van der Waals surface area contributed by atoms with Crippen molar-refractivity contribution in [2.45, 2.75) is 26.7 Å². The van der Waals surface area contributed by atoms with Gasteiger partial charge in [-0.1, -0.05) is 6.92 Å². The summed E-state index contributed by atoms with van der Waals surface area (Å²) in [5, 5.41) is 3.44. The fourth-order valence-corrected chi connectivity index (χ4v) is 2.10. The van der Waals surface area contributed by atoms with Gasteiger partial charge in [0.1, 0.15) is 0 Å². The maximum absolute atomic E-state index is 5.37. The lowest BCUT2D eigenvalue weighted by molar-refractivity contribution is 0.0957. The third-order valence-electron chi connectivity index (χ3n) is 3.15. The molecule has 4 heteroatoms. The van der Waals surface area contributed by atoms with E-state index in [-0.39, 0.29) is 12.4 Å². The van der Waals surface area contributed by atoms with Gasteiger partial charge in [-0.05, 0) is 51.9 Å². The monoisotopic (exact) mass is 250 g/mol. The minimum atomic E-state index is 0. The third kappa shape index (κ3) is 6.69. The van der Waals surface area contributed by atoms with E-state index >= 15 is 0 Å². The van der Waals surface area contributed by atoms with E-state index in [2.05, 4.69) is 24.1 Å². The summed E-state index contributed by atoms with van der Waals surface area (Å²) < 4.78 is 5.37. The van der Waals surface area contributed by atoms with E-state index in [1.807, 2.05) is 0 Å². The van der Waals surface area contributed by atoms with Crippen LogP contribution in [0.15, 0.2) is 0 Å². The van der Waals surface area contributed by atoms with E-state index in [1.165, 1.54) is 32.5 Å². The van der Waals surface area contributed by atoms with Crippen LogP contribution in [0.25, 0.3) is 0 Å². The first-order chi connectivity index (χ1) is 7.36. The van der Waals surface area contributed by atoms with Gasteiger partial charge in [-0.15, -0.1) is 12.4 Å². The fraction of sp³-hybridized carbons (Fsp3) is 1.00. The lowest BCUT2D eigenvalue weighted by Crippen LogP contribution is -2.38. The summed E-state index contributed by atoms with van der Waals surface area (Å²) in [5.41, 5.74) is 0. The van der Waals surface area contributed by atoms with Crippen molar-refractivity contribution in [1.82, 2.24) is 10.2 Å². The van der Waals surface area contributed by atoms with Crippen molar-refractivity contribution < 1.29 is 4.74 Å². The van der Waals surface area contributed by atoms with Crippen LogP contribution in [-0.4, -0.2) is 50.8 Å². The molecule has 0 radical (unpaired) electrons. The maximum atomic E-state index is 5.37. The van der Waals surface area contributed by atoms with Crippen molar-refractivity contribution in [2.75, 3.05) is 45.9 Å². The van der Waals surface area contributed by atoms with Crippen LogP contribution in [0, 0.1) is 5.92 Å². The van der Waals surface area contributed by atoms with Crippen LogP contribution in [-0.2, 0) is 4.74 Å². The zero-order valence-electron chi connectivity index (χ0n) is 10.7. The molecule has 0 aromatic rings. The Morgan fingerprint density at radius 3 is 2.50 bits per heavy atom. The molecule has 0 aromatic carbocycles. The molecule has 1 aliphatic heterocycles. The number of rotatable bonds is 7. The van der Waals surface area contributed by atoms with Crippen LogP contribution >= 0.6 is 12.4 Å². The Bertz CT molecular complexity index is 150. The summed E-state index contributed by atoms with van der Waals surface area (Å²) in [6.07, 6.45) is 2.69. The summed E-state index contributed by atoms with van der Waals surface area (Å²) in [7, 11) is 0. The first-order valence-corrected chi connectivity index (χ1v) is 6.37. The highest BCUT2D eigenvalue weighted by atomic mass is 35.5. The molecule has 0 saturated carbocycles. The predicted octanol–water partition coefficient (Wildman–Crippen LogP) is 1.77. The predicted molar refractivity (Wildman–Crippen MR) is 71.4 cm³/mol. The number of nitrogens with one attached hydrogen (secondary N) is 1. The lowest BCUT2D eigenvalue weighted by Gasteiger charge is -2.31. The molecule has 0 atom stereocenters. The molecule has 0 amide bonds. The molecule has 1 aliphatic rings. The molecular weight excluding hydrogens is 224 g/mol. The van der Waals surface area contributed by atoms with E-state index < -0.39 is 0 Å². The highest BCUT2D eigenvalue weighted by Gasteiger charge is 2.17. The number of ether oxygens (including phenoxy) is 1. The molecule has 0 aromatic heterocycles. The van der Waals surface area contributed by atoms with Crippen molar-refractivity contribution in [3.05, 3.63) is 0 Å². The average Bonchev–Trinajstić information content (AvgIpc) is 2.28. The second-order valence-corrected chi connectivity index (χ2v) is 4.29. The van der Waals surface area contributed by atoms with Gasteiger partial charge >= 0.3 is 0 Å². The zero-order valence-corrected chi connectivity index (χ0v) is 11.5. The molecule has 1 heterocycles. The quantitative estimate of drug-likeness (QED) is 0.697. The topological polar surface area (TPSA) is 24.5 Å². The summed E-state index contributed by atoms with van der Waals surface area (Å²) >= 11 is 0. The van der Waals surface area contributed by atoms with Crippen molar-refractivity contribution >= 4 is 12.4 Å². The van der Waals surface area contributed by atoms with E-state index in [0.29, 0.717) is 0 Å². The van der Waals surface area contributed by atoms with Gasteiger partial charge in [0.05, 0.1) is 6.61 Å². The van der Waals surface area contributed by atoms with Crippen LogP contribution in [0.2, 0.25) is 0 Å². The number of hydrogen-bond acceptors (Lipinski definition) is 3. The summed E-state index contributed by atoms with van der Waals surface area (Å²) in [4.78, 5) is 2.53. The molecule has 0 unspecified atom stereocenters. The van der Waals surface area contributed by atoms with Gasteiger partial charge in [-0.25, -0.2) is 0 Å². The van der Waals surface area contributed by atoms with E-state index in [9.17, 15) is 0 Å². The maximum Gasteiger partial charge on any atom is 0.0593 e. The number of likely N-dealkylation sites (tertiary alicyclic amines) is 1. The smallest absolute Gasteiger partial charge is 0.0593 e. The molecule has 0 bridgehead atoms. The molecule has 1 fully saturated rings. The van der Waals surface area contributed by atoms with Gasteiger partial charge in [0, 0.05) is 13.2 Å². The molecular formula is C12H27ClN2O. The molecule has 1 N–H and O–H groups in total. The standard InChI is InChI=1S/C12H26N2O.ClH/c1-3-13-11-12-5-7-14(8-6-12)9-10-15-4-2;/h12-13H,3-11H2,1-2H3;1H. The molecule has 0 aliphatic carbocycles. The first kappa shape index (κ1) is 16.2. The van der Waals surface area contributed by atoms with Crippen LogP contribution < -0.4 is 5.32 Å². The lowest BCUT2D eigenvalue weighted by atomic mass is 9.97. The first-order valence-electron chi connectivity index (χ1n) is 6.37. The molecule has 1 rings (SSSR count). The van der Waals surface area contributed by atoms with Gasteiger partial charge in [-0.2, -0.15) is 0 Å². The largest absolute Gasteiger partial charge is 0.380 e. The van der Waals surface area contributed by atoms with Crippen molar-refractivity contribution in [1.29, 1.82) is 0 Å². The van der Waals surface area contributed by atoms with Gasteiger partial charge < -0.3 is 15.0 Å². The second kappa shape index (κ2) is 10.3. The Morgan fingerprint density at radius 2 is 1.94 bits per heavy atom. The Hall–Kier alpha value is 0.170. The Labute approximate surface area is 106 Å². The SMILES string of the molecule is CCNCC1CCN(CCOCC)CC1.Cl. The van der Waals surface area contributed by atoms with Crippen LogP contribution in [0.4, 0.5) is 0 Å². The van der Waals surface area contributed by atoms with Crippen molar-refractivity contribution in [3.63, 3.8) is 0 Å². The Morgan fingerprint density at radius 1 is 1.25 bits per heavy atom. The molecule has 16 heavy (non-hydrogen) atoms. The van der Waals surface area contributed by atoms with Gasteiger partial charge in [0.15, 0.2) is 0 Å². The minimum Gasteiger partial charge on any atom is -0.380 e. The molecule has 0 spiro atoms. The summed E-state index contributed by atoms with van der Waals surface area (Å²) in [6.45, 7) is 11.9. The van der Waals surface area contributed by atoms with Crippen LogP contribution in [0.5, 0.6) is 0 Å². The molecule has 3 nitrogen and oxygen atoms in total. The normalized spacial score (nSPS) is 18.4. The third-order valence-corrected chi connectivity index (χ3v) is 3.15. The van der Waals surface area contributed by atoms with Crippen LogP contribution in [0.1, 0.15) is 26.7 Å². The summed E-state index contributed by atoms with van der Waals surface area (Å²) in [6, 6.07) is 0.